The molecular formula is C15H32O2. The average molecular weight is 244 g/mol. The Balaban J connectivity index is 3.49. The second-order valence-electron chi connectivity index (χ2n) is 4.93. The third-order valence-electron chi connectivity index (χ3n) is 3.12. The van der Waals surface area contributed by atoms with Crippen molar-refractivity contribution in [1.82, 2.24) is 0 Å². The Morgan fingerprint density at radius 1 is 1.00 bits per heavy atom. The summed E-state index contributed by atoms with van der Waals surface area (Å²) in [5, 5.41) is 0. The quantitative estimate of drug-likeness (QED) is 0.473. The summed E-state index contributed by atoms with van der Waals surface area (Å²) >= 11 is 0. The lowest BCUT2D eigenvalue weighted by Crippen LogP contribution is -2.16. The van der Waals surface area contributed by atoms with E-state index in [1.54, 1.807) is 0 Å². The van der Waals surface area contributed by atoms with E-state index in [0.29, 0.717) is 6.10 Å². The van der Waals surface area contributed by atoms with Gasteiger partial charge in [0.25, 0.3) is 0 Å². The minimum absolute atomic E-state index is 0.469. The molecule has 0 aliphatic carbocycles. The minimum Gasteiger partial charge on any atom is -0.382 e. The van der Waals surface area contributed by atoms with E-state index in [-0.39, 0.29) is 0 Å². The van der Waals surface area contributed by atoms with Gasteiger partial charge < -0.3 is 9.47 Å². The van der Waals surface area contributed by atoms with Gasteiger partial charge in [-0.05, 0) is 38.5 Å². The Hall–Kier alpha value is -0.0800. The van der Waals surface area contributed by atoms with Crippen LogP contribution >= 0.6 is 0 Å². The fourth-order valence-corrected chi connectivity index (χ4v) is 2.04. The molecule has 0 aliphatic heterocycles. The second-order valence-corrected chi connectivity index (χ2v) is 4.93. The van der Waals surface area contributed by atoms with E-state index >= 15 is 0 Å². The first-order valence-corrected chi connectivity index (χ1v) is 7.43. The van der Waals surface area contributed by atoms with Crippen molar-refractivity contribution in [1.29, 1.82) is 0 Å². The molecule has 0 bridgehead atoms. The summed E-state index contributed by atoms with van der Waals surface area (Å²) in [7, 11) is 0. The molecule has 0 spiro atoms. The van der Waals surface area contributed by atoms with E-state index < -0.39 is 0 Å². The lowest BCUT2D eigenvalue weighted by Gasteiger charge is -2.20. The van der Waals surface area contributed by atoms with E-state index in [2.05, 4.69) is 27.7 Å². The molecule has 2 unspecified atom stereocenters. The molecule has 0 aliphatic rings. The van der Waals surface area contributed by atoms with Crippen molar-refractivity contribution >= 4 is 0 Å². The first-order valence-electron chi connectivity index (χ1n) is 7.43. The highest BCUT2D eigenvalue weighted by molar-refractivity contribution is 4.62. The van der Waals surface area contributed by atoms with Gasteiger partial charge in [0.1, 0.15) is 0 Å². The maximum atomic E-state index is 5.83. The molecule has 2 heteroatoms. The molecule has 0 heterocycles. The monoisotopic (exact) mass is 244 g/mol. The zero-order valence-electron chi connectivity index (χ0n) is 12.3. The highest BCUT2D eigenvalue weighted by atomic mass is 16.5. The van der Waals surface area contributed by atoms with Crippen molar-refractivity contribution in [2.75, 3.05) is 19.8 Å². The molecule has 0 fully saturated rings. The molecule has 0 saturated heterocycles. The Morgan fingerprint density at radius 2 is 1.76 bits per heavy atom. The first kappa shape index (κ1) is 16.9. The lowest BCUT2D eigenvalue weighted by molar-refractivity contribution is 0.0344. The first-order chi connectivity index (χ1) is 8.24. The van der Waals surface area contributed by atoms with Crippen LogP contribution in [0.15, 0.2) is 0 Å². The summed E-state index contributed by atoms with van der Waals surface area (Å²) < 4.78 is 11.2. The van der Waals surface area contributed by atoms with Crippen LogP contribution in [0.5, 0.6) is 0 Å². The van der Waals surface area contributed by atoms with E-state index in [0.717, 1.165) is 38.6 Å². The van der Waals surface area contributed by atoms with E-state index in [4.69, 9.17) is 9.47 Å². The van der Waals surface area contributed by atoms with E-state index in [1.807, 2.05) is 0 Å². The van der Waals surface area contributed by atoms with Crippen LogP contribution in [0.3, 0.4) is 0 Å². The molecule has 0 radical (unpaired) electrons. The van der Waals surface area contributed by atoms with Crippen molar-refractivity contribution in [2.45, 2.75) is 72.3 Å². The lowest BCUT2D eigenvalue weighted by atomic mass is 9.96. The van der Waals surface area contributed by atoms with Crippen LogP contribution < -0.4 is 0 Å². The van der Waals surface area contributed by atoms with Gasteiger partial charge in [0, 0.05) is 19.8 Å². The number of unbranched alkanes of at least 4 members (excludes halogenated alkanes) is 1. The smallest absolute Gasteiger partial charge is 0.0575 e. The van der Waals surface area contributed by atoms with Gasteiger partial charge in [-0.3, -0.25) is 0 Å². The molecule has 0 aromatic rings. The zero-order chi connectivity index (χ0) is 12.9. The molecule has 2 atom stereocenters. The number of hydrogen-bond acceptors (Lipinski definition) is 2. The Bertz CT molecular complexity index is 148. The molecular weight excluding hydrogens is 212 g/mol. The number of ether oxygens (including phenoxy) is 2. The van der Waals surface area contributed by atoms with E-state index in [9.17, 15) is 0 Å². The van der Waals surface area contributed by atoms with Crippen molar-refractivity contribution in [3.8, 4) is 0 Å². The summed E-state index contributed by atoms with van der Waals surface area (Å²) in [6.07, 6.45) is 7.74. The molecule has 104 valence electrons. The van der Waals surface area contributed by atoms with Gasteiger partial charge in [-0.2, -0.15) is 0 Å². The highest BCUT2D eigenvalue weighted by Gasteiger charge is 2.11. The third-order valence-corrected chi connectivity index (χ3v) is 3.12. The van der Waals surface area contributed by atoms with Gasteiger partial charge in [-0.15, -0.1) is 0 Å². The van der Waals surface area contributed by atoms with Crippen molar-refractivity contribution in [3.63, 3.8) is 0 Å². The Morgan fingerprint density at radius 3 is 2.35 bits per heavy atom. The van der Waals surface area contributed by atoms with Crippen LogP contribution in [0.4, 0.5) is 0 Å². The number of rotatable bonds is 12. The fraction of sp³-hybridized carbons (Fsp3) is 1.00. The van der Waals surface area contributed by atoms with Crippen LogP contribution in [0.2, 0.25) is 0 Å². The predicted molar refractivity (Wildman–Crippen MR) is 74.4 cm³/mol. The predicted octanol–water partition coefficient (Wildman–Crippen LogP) is 4.42. The largest absolute Gasteiger partial charge is 0.382 e. The summed E-state index contributed by atoms with van der Waals surface area (Å²) in [6.45, 7) is 11.5. The van der Waals surface area contributed by atoms with Crippen molar-refractivity contribution in [3.05, 3.63) is 0 Å². The fourth-order valence-electron chi connectivity index (χ4n) is 2.04. The minimum atomic E-state index is 0.469. The summed E-state index contributed by atoms with van der Waals surface area (Å²) in [6, 6.07) is 0. The van der Waals surface area contributed by atoms with Crippen LogP contribution in [-0.4, -0.2) is 25.9 Å². The van der Waals surface area contributed by atoms with Gasteiger partial charge in [0.15, 0.2) is 0 Å². The van der Waals surface area contributed by atoms with Crippen molar-refractivity contribution < 1.29 is 9.47 Å². The summed E-state index contributed by atoms with van der Waals surface area (Å²) in [4.78, 5) is 0. The Labute approximate surface area is 108 Å². The van der Waals surface area contributed by atoms with Crippen LogP contribution in [0.1, 0.15) is 66.2 Å². The van der Waals surface area contributed by atoms with Crippen LogP contribution in [0, 0.1) is 5.92 Å². The van der Waals surface area contributed by atoms with Gasteiger partial charge in [-0.1, -0.05) is 33.6 Å². The maximum Gasteiger partial charge on any atom is 0.0575 e. The van der Waals surface area contributed by atoms with Gasteiger partial charge in [0.2, 0.25) is 0 Å². The van der Waals surface area contributed by atoms with Gasteiger partial charge in [-0.25, -0.2) is 0 Å². The molecule has 0 aromatic carbocycles. The highest BCUT2D eigenvalue weighted by Crippen LogP contribution is 2.18. The number of hydrogen-bond donors (Lipinski definition) is 0. The van der Waals surface area contributed by atoms with Gasteiger partial charge in [0.05, 0.1) is 6.10 Å². The van der Waals surface area contributed by atoms with Gasteiger partial charge >= 0.3 is 0 Å². The topological polar surface area (TPSA) is 18.5 Å². The summed E-state index contributed by atoms with van der Waals surface area (Å²) in [5.74, 6) is 0.776. The van der Waals surface area contributed by atoms with Crippen molar-refractivity contribution in [2.24, 2.45) is 5.92 Å². The second kappa shape index (κ2) is 12.4. The molecule has 0 N–H and O–H groups in total. The standard InChI is InChI=1S/C15H32O2/c1-5-11-17-15(6-2)13-14(4)10-8-9-12-16-7-3/h14-15H,5-13H2,1-4H3. The zero-order valence-corrected chi connectivity index (χ0v) is 12.3. The van der Waals surface area contributed by atoms with Crippen LogP contribution in [-0.2, 0) is 9.47 Å². The molecule has 0 amide bonds. The maximum absolute atomic E-state index is 5.83. The molecule has 17 heavy (non-hydrogen) atoms. The Kier molecular flexibility index (Phi) is 12.3. The normalized spacial score (nSPS) is 14.8. The SMILES string of the molecule is CCCOC(CC)CC(C)CCCCOCC. The molecule has 0 rings (SSSR count). The average Bonchev–Trinajstić information content (AvgIpc) is 2.34. The molecule has 2 nitrogen and oxygen atoms in total. The summed E-state index contributed by atoms with van der Waals surface area (Å²) in [5.41, 5.74) is 0. The molecule has 0 saturated carbocycles. The van der Waals surface area contributed by atoms with Crippen LogP contribution in [0.25, 0.3) is 0 Å². The molecule has 0 aromatic heterocycles. The third kappa shape index (κ3) is 10.8. The van der Waals surface area contributed by atoms with E-state index in [1.165, 1.54) is 25.7 Å².